The second-order valence-electron chi connectivity index (χ2n) is 7.23. The van der Waals surface area contributed by atoms with Gasteiger partial charge in [0.15, 0.2) is 0 Å². The Bertz CT molecular complexity index is 905. The minimum Gasteiger partial charge on any atom is -0.462 e. The molecule has 0 unspecified atom stereocenters. The van der Waals surface area contributed by atoms with E-state index in [2.05, 4.69) is 16.0 Å². The summed E-state index contributed by atoms with van der Waals surface area (Å²) < 4.78 is 5.16. The van der Waals surface area contributed by atoms with Crippen molar-refractivity contribution in [2.75, 3.05) is 17.2 Å². The van der Waals surface area contributed by atoms with Crippen LogP contribution in [-0.2, 0) is 4.74 Å². The lowest BCUT2D eigenvalue weighted by Gasteiger charge is -2.22. The summed E-state index contributed by atoms with van der Waals surface area (Å²) in [6.07, 6.45) is 5.29. The number of anilines is 2. The van der Waals surface area contributed by atoms with Crippen molar-refractivity contribution >= 4 is 39.9 Å². The van der Waals surface area contributed by atoms with Crippen LogP contribution >= 0.6 is 11.3 Å². The SMILES string of the molecule is CCOC(=O)c1c(NC(=O)NC2CCCCC2)sc(C(=O)Nc2ccccc2)c1C. The van der Waals surface area contributed by atoms with E-state index in [1.54, 1.807) is 26.0 Å². The molecule has 1 heterocycles. The van der Waals surface area contributed by atoms with Crippen LogP contribution in [0.2, 0.25) is 0 Å². The van der Waals surface area contributed by atoms with E-state index in [0.29, 0.717) is 21.1 Å². The number of amides is 3. The largest absolute Gasteiger partial charge is 0.462 e. The van der Waals surface area contributed by atoms with Gasteiger partial charge in [-0.3, -0.25) is 10.1 Å². The predicted octanol–water partition coefficient (Wildman–Crippen LogP) is 4.94. The molecule has 1 aliphatic carbocycles. The maximum atomic E-state index is 12.8. The van der Waals surface area contributed by atoms with Crippen molar-refractivity contribution < 1.29 is 19.1 Å². The van der Waals surface area contributed by atoms with E-state index in [-0.39, 0.29) is 30.2 Å². The molecule has 1 fully saturated rings. The molecule has 0 spiro atoms. The molecule has 1 aliphatic rings. The molecule has 0 aliphatic heterocycles. The summed E-state index contributed by atoms with van der Waals surface area (Å²) in [7, 11) is 0. The number of urea groups is 1. The van der Waals surface area contributed by atoms with Crippen molar-refractivity contribution in [2.45, 2.75) is 52.0 Å². The molecule has 3 amide bonds. The lowest BCUT2D eigenvalue weighted by atomic mass is 9.96. The lowest BCUT2D eigenvalue weighted by molar-refractivity contribution is 0.0527. The summed E-state index contributed by atoms with van der Waals surface area (Å²) >= 11 is 1.07. The fourth-order valence-electron chi connectivity index (χ4n) is 3.55. The van der Waals surface area contributed by atoms with Gasteiger partial charge in [-0.15, -0.1) is 11.3 Å². The summed E-state index contributed by atoms with van der Waals surface area (Å²) in [5, 5.41) is 8.87. The first-order chi connectivity index (χ1) is 14.5. The molecular weight excluding hydrogens is 402 g/mol. The van der Waals surface area contributed by atoms with Crippen molar-refractivity contribution in [1.82, 2.24) is 5.32 Å². The van der Waals surface area contributed by atoms with Crippen molar-refractivity contribution in [3.8, 4) is 0 Å². The number of para-hydroxylation sites is 1. The Hall–Kier alpha value is -2.87. The molecule has 160 valence electrons. The van der Waals surface area contributed by atoms with Gasteiger partial charge in [-0.05, 0) is 44.4 Å². The number of thiophene rings is 1. The molecule has 1 aromatic heterocycles. The zero-order chi connectivity index (χ0) is 21.5. The monoisotopic (exact) mass is 429 g/mol. The zero-order valence-corrected chi connectivity index (χ0v) is 18.1. The molecular formula is C22H27N3O4S. The third kappa shape index (κ3) is 5.38. The average Bonchev–Trinajstić information content (AvgIpc) is 3.05. The number of esters is 1. The number of carbonyl (C=O) groups is 3. The number of hydrogen-bond acceptors (Lipinski definition) is 5. The Labute approximate surface area is 180 Å². The van der Waals surface area contributed by atoms with E-state index in [9.17, 15) is 14.4 Å². The summed E-state index contributed by atoms with van der Waals surface area (Å²) in [6.45, 7) is 3.60. The van der Waals surface area contributed by atoms with Gasteiger partial charge in [0.25, 0.3) is 5.91 Å². The van der Waals surface area contributed by atoms with Crippen LogP contribution in [0.1, 0.15) is 64.6 Å². The third-order valence-electron chi connectivity index (χ3n) is 5.03. The van der Waals surface area contributed by atoms with Gasteiger partial charge in [-0.25, -0.2) is 9.59 Å². The van der Waals surface area contributed by atoms with Gasteiger partial charge < -0.3 is 15.4 Å². The molecule has 0 bridgehead atoms. The van der Waals surface area contributed by atoms with E-state index in [0.717, 1.165) is 37.0 Å². The molecule has 2 aromatic rings. The van der Waals surface area contributed by atoms with Crippen LogP contribution in [0.5, 0.6) is 0 Å². The van der Waals surface area contributed by atoms with Gasteiger partial charge in [0.2, 0.25) is 0 Å². The number of hydrogen-bond donors (Lipinski definition) is 3. The van der Waals surface area contributed by atoms with Crippen LogP contribution in [0.4, 0.5) is 15.5 Å². The number of nitrogens with one attached hydrogen (secondary N) is 3. The summed E-state index contributed by atoms with van der Waals surface area (Å²) in [4.78, 5) is 38.2. The van der Waals surface area contributed by atoms with E-state index < -0.39 is 5.97 Å². The predicted molar refractivity (Wildman–Crippen MR) is 118 cm³/mol. The van der Waals surface area contributed by atoms with E-state index in [1.807, 2.05) is 18.2 Å². The Kier molecular flexibility index (Phi) is 7.46. The van der Waals surface area contributed by atoms with Gasteiger partial charge >= 0.3 is 12.0 Å². The fourth-order valence-corrected chi connectivity index (χ4v) is 4.63. The highest BCUT2D eigenvalue weighted by Gasteiger charge is 2.27. The van der Waals surface area contributed by atoms with Crippen LogP contribution in [0.25, 0.3) is 0 Å². The summed E-state index contributed by atoms with van der Waals surface area (Å²) in [5.41, 5.74) is 1.36. The highest BCUT2D eigenvalue weighted by atomic mass is 32.1. The van der Waals surface area contributed by atoms with Gasteiger partial charge in [0, 0.05) is 11.7 Å². The molecule has 0 atom stereocenters. The quantitative estimate of drug-likeness (QED) is 0.567. The lowest BCUT2D eigenvalue weighted by Crippen LogP contribution is -2.39. The summed E-state index contributed by atoms with van der Waals surface area (Å²) in [6, 6.07) is 8.83. The van der Waals surface area contributed by atoms with Crippen LogP contribution in [0.3, 0.4) is 0 Å². The second kappa shape index (κ2) is 10.2. The molecule has 3 rings (SSSR count). The van der Waals surface area contributed by atoms with Crippen molar-refractivity contribution in [2.24, 2.45) is 0 Å². The van der Waals surface area contributed by atoms with E-state index in [1.165, 1.54) is 6.42 Å². The number of benzene rings is 1. The minimum atomic E-state index is -0.557. The molecule has 1 saturated carbocycles. The normalized spacial score (nSPS) is 14.1. The molecule has 0 radical (unpaired) electrons. The Morgan fingerprint density at radius 1 is 1.07 bits per heavy atom. The number of ether oxygens (including phenoxy) is 1. The van der Waals surface area contributed by atoms with Gasteiger partial charge in [-0.2, -0.15) is 0 Å². The second-order valence-corrected chi connectivity index (χ2v) is 8.25. The molecule has 7 nitrogen and oxygen atoms in total. The Morgan fingerprint density at radius 2 is 1.77 bits per heavy atom. The molecule has 1 aromatic carbocycles. The van der Waals surface area contributed by atoms with Crippen LogP contribution in [-0.4, -0.2) is 30.6 Å². The minimum absolute atomic E-state index is 0.131. The van der Waals surface area contributed by atoms with E-state index >= 15 is 0 Å². The Balaban J connectivity index is 1.81. The molecule has 0 saturated heterocycles. The van der Waals surface area contributed by atoms with Crippen molar-refractivity contribution in [1.29, 1.82) is 0 Å². The van der Waals surface area contributed by atoms with Gasteiger partial charge in [0.05, 0.1) is 17.0 Å². The number of carbonyl (C=O) groups excluding carboxylic acids is 3. The maximum absolute atomic E-state index is 12.8. The summed E-state index contributed by atoms with van der Waals surface area (Å²) in [5.74, 6) is -0.895. The zero-order valence-electron chi connectivity index (χ0n) is 17.2. The van der Waals surface area contributed by atoms with Crippen molar-refractivity contribution in [3.63, 3.8) is 0 Å². The molecule has 8 heteroatoms. The van der Waals surface area contributed by atoms with E-state index in [4.69, 9.17) is 4.74 Å². The third-order valence-corrected chi connectivity index (χ3v) is 6.24. The average molecular weight is 430 g/mol. The smallest absolute Gasteiger partial charge is 0.341 e. The van der Waals surface area contributed by atoms with Crippen molar-refractivity contribution in [3.05, 3.63) is 46.3 Å². The molecule has 30 heavy (non-hydrogen) atoms. The standard InChI is InChI=1S/C22H27N3O4S/c1-3-29-21(27)17-14(2)18(19(26)23-15-10-6-4-7-11-15)30-20(17)25-22(28)24-16-12-8-5-9-13-16/h4,6-7,10-11,16H,3,5,8-9,12-13H2,1-2H3,(H,23,26)(H2,24,25,28). The Morgan fingerprint density at radius 3 is 2.43 bits per heavy atom. The van der Waals surface area contributed by atoms with Gasteiger partial charge in [-0.1, -0.05) is 37.5 Å². The highest BCUT2D eigenvalue weighted by molar-refractivity contribution is 7.18. The topological polar surface area (TPSA) is 96.5 Å². The van der Waals surface area contributed by atoms with Gasteiger partial charge in [0.1, 0.15) is 5.00 Å². The first-order valence-electron chi connectivity index (χ1n) is 10.2. The van der Waals surface area contributed by atoms with Crippen LogP contribution in [0, 0.1) is 6.92 Å². The fraction of sp³-hybridized carbons (Fsp3) is 0.409. The van der Waals surface area contributed by atoms with Crippen LogP contribution < -0.4 is 16.0 Å². The highest BCUT2D eigenvalue weighted by Crippen LogP contribution is 2.34. The number of rotatable bonds is 6. The first-order valence-corrected chi connectivity index (χ1v) is 11.1. The van der Waals surface area contributed by atoms with Crippen LogP contribution in [0.15, 0.2) is 30.3 Å². The molecule has 3 N–H and O–H groups in total. The first kappa shape index (κ1) is 21.8. The maximum Gasteiger partial charge on any atom is 0.341 e.